The first-order chi connectivity index (χ1) is 16.4. The summed E-state index contributed by atoms with van der Waals surface area (Å²) >= 11 is 5.60. The molecule has 6 nitrogen and oxygen atoms in total. The Labute approximate surface area is 205 Å². The number of piperidine rings is 1. The van der Waals surface area contributed by atoms with E-state index in [-0.39, 0.29) is 17.5 Å². The van der Waals surface area contributed by atoms with Crippen molar-refractivity contribution in [1.82, 2.24) is 19.4 Å². The highest BCUT2D eigenvalue weighted by atomic mass is 32.1. The van der Waals surface area contributed by atoms with E-state index in [1.165, 1.54) is 0 Å². The Morgan fingerprint density at radius 1 is 1.09 bits per heavy atom. The minimum Gasteiger partial charge on any atom is -0.333 e. The van der Waals surface area contributed by atoms with E-state index < -0.39 is 0 Å². The molecule has 178 valence electrons. The number of carbonyl (C=O) groups is 1. The molecule has 0 bridgehead atoms. The van der Waals surface area contributed by atoms with Gasteiger partial charge in [-0.25, -0.2) is 0 Å². The maximum atomic E-state index is 13.6. The van der Waals surface area contributed by atoms with E-state index in [0.717, 1.165) is 62.1 Å². The Morgan fingerprint density at radius 2 is 1.79 bits per heavy atom. The van der Waals surface area contributed by atoms with Gasteiger partial charge in [0.15, 0.2) is 4.77 Å². The van der Waals surface area contributed by atoms with Crippen LogP contribution < -0.4 is 5.56 Å². The highest BCUT2D eigenvalue weighted by Gasteiger charge is 2.38. The number of amides is 1. The maximum absolute atomic E-state index is 13.6. The van der Waals surface area contributed by atoms with Crippen molar-refractivity contribution in [2.45, 2.75) is 58.5 Å². The molecule has 1 saturated carbocycles. The van der Waals surface area contributed by atoms with Crippen LogP contribution in [0.25, 0.3) is 16.6 Å². The number of fused-ring (bicyclic) bond motifs is 1. The zero-order chi connectivity index (χ0) is 24.0. The Kier molecular flexibility index (Phi) is 6.16. The van der Waals surface area contributed by atoms with Crippen molar-refractivity contribution in [3.05, 3.63) is 68.2 Å². The number of aryl methyl sites for hydroxylation is 1. The molecule has 3 aromatic rings. The topological polar surface area (TPSA) is 61.3 Å². The molecule has 0 radical (unpaired) electrons. The molecule has 2 heterocycles. The van der Waals surface area contributed by atoms with Gasteiger partial charge in [0.05, 0.1) is 16.6 Å². The summed E-state index contributed by atoms with van der Waals surface area (Å²) in [5.41, 5.74) is 3.96. The molecule has 2 aliphatic rings. The molecule has 1 saturated heterocycles. The zero-order valence-electron chi connectivity index (χ0n) is 20.1. The monoisotopic (exact) mass is 476 g/mol. The average molecular weight is 477 g/mol. The summed E-state index contributed by atoms with van der Waals surface area (Å²) in [6.07, 6.45) is 4.20. The standard InChI is InChI=1S/C27H32N4O2S/c1-4-29-14-12-21(13-15-29)30(20-9-10-20)25(32)19-8-11-22-23(16-19)28-27(34)31(26(22)33)24-7-5-6-17(2)18(24)3/h5-8,11,16,20-21H,4,9-10,12-15H2,1-3H3,(H,28,34). The molecular formula is C27H32N4O2S. The Hall–Kier alpha value is -2.77. The van der Waals surface area contributed by atoms with Crippen molar-refractivity contribution in [1.29, 1.82) is 0 Å². The van der Waals surface area contributed by atoms with E-state index in [9.17, 15) is 9.59 Å². The highest BCUT2D eigenvalue weighted by Crippen LogP contribution is 2.33. The first-order valence-corrected chi connectivity index (χ1v) is 12.7. The highest BCUT2D eigenvalue weighted by molar-refractivity contribution is 7.71. The minimum absolute atomic E-state index is 0.0670. The van der Waals surface area contributed by atoms with Gasteiger partial charge in [-0.05, 0) is 93.7 Å². The first kappa shape index (κ1) is 23.0. The number of nitrogens with zero attached hydrogens (tertiary/aromatic N) is 3. The third kappa shape index (κ3) is 4.12. The van der Waals surface area contributed by atoms with E-state index in [0.29, 0.717) is 27.3 Å². The summed E-state index contributed by atoms with van der Waals surface area (Å²) in [6, 6.07) is 11.9. The van der Waals surface area contributed by atoms with Crippen molar-refractivity contribution in [2.75, 3.05) is 19.6 Å². The van der Waals surface area contributed by atoms with E-state index in [1.807, 2.05) is 32.0 Å². The first-order valence-electron chi connectivity index (χ1n) is 12.3. The fourth-order valence-corrected chi connectivity index (χ4v) is 5.48. The summed E-state index contributed by atoms with van der Waals surface area (Å²) in [5.74, 6) is 0.0670. The second kappa shape index (κ2) is 9.12. The molecule has 5 rings (SSSR count). The molecule has 2 fully saturated rings. The van der Waals surface area contributed by atoms with Crippen molar-refractivity contribution >= 4 is 29.0 Å². The maximum Gasteiger partial charge on any atom is 0.266 e. The third-order valence-electron chi connectivity index (χ3n) is 7.53. The normalized spacial score (nSPS) is 17.3. The van der Waals surface area contributed by atoms with Gasteiger partial charge in [0, 0.05) is 30.7 Å². The second-order valence-electron chi connectivity index (χ2n) is 9.66. The Morgan fingerprint density at radius 3 is 2.47 bits per heavy atom. The number of benzene rings is 2. The molecule has 1 aliphatic heterocycles. The molecule has 0 atom stereocenters. The zero-order valence-corrected chi connectivity index (χ0v) is 21.0. The van der Waals surface area contributed by atoms with Crippen molar-refractivity contribution in [3.8, 4) is 5.69 Å². The molecule has 2 aromatic carbocycles. The third-order valence-corrected chi connectivity index (χ3v) is 7.82. The van der Waals surface area contributed by atoms with E-state index >= 15 is 0 Å². The Bertz CT molecular complexity index is 1360. The predicted molar refractivity (Wildman–Crippen MR) is 139 cm³/mol. The van der Waals surface area contributed by atoms with Crippen LogP contribution in [-0.2, 0) is 0 Å². The minimum atomic E-state index is -0.169. The fraction of sp³-hybridized carbons (Fsp3) is 0.444. The van der Waals surface area contributed by atoms with Crippen LogP contribution in [0.4, 0.5) is 0 Å². The smallest absolute Gasteiger partial charge is 0.266 e. The van der Waals surface area contributed by atoms with Crippen molar-refractivity contribution in [3.63, 3.8) is 0 Å². The summed E-state index contributed by atoms with van der Waals surface area (Å²) in [5, 5.41) is 0.528. The molecule has 34 heavy (non-hydrogen) atoms. The van der Waals surface area contributed by atoms with Gasteiger partial charge in [-0.3, -0.25) is 14.2 Å². The van der Waals surface area contributed by atoms with E-state index in [2.05, 4.69) is 21.7 Å². The molecule has 1 aliphatic carbocycles. The number of H-pyrrole nitrogens is 1. The van der Waals surface area contributed by atoms with E-state index in [4.69, 9.17) is 12.2 Å². The van der Waals surface area contributed by atoms with Crippen molar-refractivity contribution < 1.29 is 4.79 Å². The van der Waals surface area contributed by atoms with Gasteiger partial charge < -0.3 is 14.8 Å². The van der Waals surface area contributed by atoms with Gasteiger partial charge in [0.1, 0.15) is 0 Å². The number of nitrogens with one attached hydrogen (secondary N) is 1. The van der Waals surface area contributed by atoms with Gasteiger partial charge >= 0.3 is 0 Å². The molecule has 0 spiro atoms. The predicted octanol–water partition coefficient (Wildman–Crippen LogP) is 4.75. The van der Waals surface area contributed by atoms with Gasteiger partial charge in [0.2, 0.25) is 0 Å². The van der Waals surface area contributed by atoms with E-state index in [1.54, 1.807) is 22.8 Å². The lowest BCUT2D eigenvalue weighted by atomic mass is 10.0. The average Bonchev–Trinajstić information content (AvgIpc) is 3.67. The van der Waals surface area contributed by atoms with Crippen LogP contribution in [-0.4, -0.2) is 57.0 Å². The summed E-state index contributed by atoms with van der Waals surface area (Å²) < 4.78 is 1.89. The van der Waals surface area contributed by atoms with Crippen LogP contribution in [0.1, 0.15) is 54.1 Å². The quantitative estimate of drug-likeness (QED) is 0.540. The van der Waals surface area contributed by atoms with Crippen LogP contribution in [0.15, 0.2) is 41.2 Å². The number of carbonyl (C=O) groups excluding carboxylic acids is 1. The van der Waals surface area contributed by atoms with Gasteiger partial charge in [-0.2, -0.15) is 0 Å². The van der Waals surface area contributed by atoms with Crippen LogP contribution in [0.3, 0.4) is 0 Å². The fourth-order valence-electron chi connectivity index (χ4n) is 5.19. The summed E-state index contributed by atoms with van der Waals surface area (Å²) in [7, 11) is 0. The molecule has 7 heteroatoms. The van der Waals surface area contributed by atoms with Crippen LogP contribution in [0.5, 0.6) is 0 Å². The van der Waals surface area contributed by atoms with Gasteiger partial charge in [0.25, 0.3) is 11.5 Å². The largest absolute Gasteiger partial charge is 0.333 e. The summed E-state index contributed by atoms with van der Waals surface area (Å²) in [6.45, 7) is 9.36. The van der Waals surface area contributed by atoms with Gasteiger partial charge in [-0.1, -0.05) is 19.1 Å². The van der Waals surface area contributed by atoms with Crippen molar-refractivity contribution in [2.24, 2.45) is 0 Å². The van der Waals surface area contributed by atoms with Crippen LogP contribution in [0.2, 0.25) is 0 Å². The lowest BCUT2D eigenvalue weighted by Crippen LogP contribution is -2.48. The SMILES string of the molecule is CCN1CCC(N(C(=O)c2ccc3c(=O)n(-c4cccc(C)c4C)c(=S)[nH]c3c2)C2CC2)CC1. The van der Waals surface area contributed by atoms with Gasteiger partial charge in [-0.15, -0.1) is 0 Å². The number of aromatic nitrogens is 2. The number of hydrogen-bond acceptors (Lipinski definition) is 4. The number of hydrogen-bond donors (Lipinski definition) is 1. The summed E-state index contributed by atoms with van der Waals surface area (Å²) in [4.78, 5) is 34.9. The molecule has 0 unspecified atom stereocenters. The second-order valence-corrected chi connectivity index (χ2v) is 10.0. The molecule has 1 N–H and O–H groups in total. The number of aromatic amines is 1. The number of rotatable bonds is 5. The number of likely N-dealkylation sites (tertiary alicyclic amines) is 1. The molecule has 1 amide bonds. The van der Waals surface area contributed by atoms with Crippen LogP contribution >= 0.6 is 12.2 Å². The molecular weight excluding hydrogens is 444 g/mol. The Balaban J connectivity index is 1.51. The molecule has 1 aromatic heterocycles. The lowest BCUT2D eigenvalue weighted by molar-refractivity contribution is 0.0554. The lowest BCUT2D eigenvalue weighted by Gasteiger charge is -2.38. The van der Waals surface area contributed by atoms with Crippen LogP contribution in [0, 0.1) is 18.6 Å².